The fraction of sp³-hybridized carbons (Fsp3) is 0.300. The van der Waals surface area contributed by atoms with Crippen LogP contribution >= 0.6 is 0 Å². The first-order valence-electron chi connectivity index (χ1n) is 8.17. The molecule has 0 radical (unpaired) electrons. The smallest absolute Gasteiger partial charge is 0.262 e. The van der Waals surface area contributed by atoms with E-state index in [0.717, 1.165) is 35.9 Å². The molecule has 1 N–H and O–H groups in total. The predicted octanol–water partition coefficient (Wildman–Crippen LogP) is 3.62. The van der Waals surface area contributed by atoms with E-state index in [1.54, 1.807) is 12.1 Å². The van der Waals surface area contributed by atoms with Crippen LogP contribution in [-0.2, 0) is 17.6 Å². The maximum atomic E-state index is 12.1. The number of hydrogen-bond donors (Lipinski definition) is 1. The highest BCUT2D eigenvalue weighted by Crippen LogP contribution is 2.26. The molecule has 1 amide bonds. The molecule has 0 bridgehead atoms. The van der Waals surface area contributed by atoms with Crippen molar-refractivity contribution < 1.29 is 14.3 Å². The summed E-state index contributed by atoms with van der Waals surface area (Å²) in [6.45, 7) is 3.68. The molecule has 2 aromatic carbocycles. The van der Waals surface area contributed by atoms with Crippen LogP contribution in [0.5, 0.6) is 5.75 Å². The molecule has 124 valence electrons. The third-order valence-electron chi connectivity index (χ3n) is 4.35. The van der Waals surface area contributed by atoms with Gasteiger partial charge in [0.15, 0.2) is 6.61 Å². The van der Waals surface area contributed by atoms with Crippen molar-refractivity contribution in [3.63, 3.8) is 0 Å². The topological polar surface area (TPSA) is 55.4 Å². The van der Waals surface area contributed by atoms with E-state index in [2.05, 4.69) is 17.4 Å². The van der Waals surface area contributed by atoms with E-state index in [1.165, 1.54) is 17.5 Å². The lowest BCUT2D eigenvalue weighted by Gasteiger charge is -2.13. The number of ether oxygens (including phenoxy) is 1. The van der Waals surface area contributed by atoms with Crippen molar-refractivity contribution in [1.82, 2.24) is 0 Å². The van der Waals surface area contributed by atoms with Crippen LogP contribution in [0, 0.1) is 13.8 Å². The van der Waals surface area contributed by atoms with Crippen molar-refractivity contribution in [2.75, 3.05) is 11.9 Å². The van der Waals surface area contributed by atoms with E-state index >= 15 is 0 Å². The fourth-order valence-corrected chi connectivity index (χ4v) is 3.26. The van der Waals surface area contributed by atoms with Crippen molar-refractivity contribution in [3.8, 4) is 5.75 Å². The maximum absolute atomic E-state index is 12.1. The summed E-state index contributed by atoms with van der Waals surface area (Å²) in [4.78, 5) is 23.0. The van der Waals surface area contributed by atoms with E-state index < -0.39 is 0 Å². The van der Waals surface area contributed by atoms with Gasteiger partial charge in [-0.05, 0) is 79.6 Å². The van der Waals surface area contributed by atoms with E-state index in [1.807, 2.05) is 19.9 Å². The quantitative estimate of drug-likeness (QED) is 0.855. The number of hydrogen-bond acceptors (Lipinski definition) is 3. The number of benzene rings is 2. The Hall–Kier alpha value is -2.62. The van der Waals surface area contributed by atoms with Crippen LogP contribution in [-0.4, -0.2) is 18.8 Å². The van der Waals surface area contributed by atoms with Gasteiger partial charge in [-0.2, -0.15) is 0 Å². The Morgan fingerprint density at radius 3 is 2.54 bits per heavy atom. The van der Waals surface area contributed by atoms with Crippen molar-refractivity contribution in [2.24, 2.45) is 0 Å². The molecule has 1 aliphatic rings. The van der Waals surface area contributed by atoms with Crippen molar-refractivity contribution in [2.45, 2.75) is 33.1 Å². The van der Waals surface area contributed by atoms with Crippen LogP contribution in [0.2, 0.25) is 0 Å². The molecule has 0 fully saturated rings. The first kappa shape index (κ1) is 16.2. The Morgan fingerprint density at radius 1 is 1.12 bits per heavy atom. The highest BCUT2D eigenvalue weighted by Gasteiger charge is 2.13. The molecular formula is C20H21NO3. The number of aryl methyl sites for hydroxylation is 4. The second-order valence-electron chi connectivity index (χ2n) is 6.28. The van der Waals surface area contributed by atoms with Gasteiger partial charge in [-0.15, -0.1) is 0 Å². The van der Waals surface area contributed by atoms with Crippen LogP contribution < -0.4 is 10.1 Å². The number of amides is 1. The Morgan fingerprint density at radius 2 is 1.83 bits per heavy atom. The lowest BCUT2D eigenvalue weighted by molar-refractivity contribution is -0.118. The summed E-state index contributed by atoms with van der Waals surface area (Å²) in [6.07, 6.45) is 4.20. The van der Waals surface area contributed by atoms with Gasteiger partial charge in [0.2, 0.25) is 0 Å². The average Bonchev–Trinajstić information content (AvgIpc) is 3.01. The molecule has 0 saturated carbocycles. The number of nitrogens with one attached hydrogen (secondary N) is 1. The van der Waals surface area contributed by atoms with Crippen LogP contribution in [0.3, 0.4) is 0 Å². The zero-order valence-electron chi connectivity index (χ0n) is 14.0. The molecule has 0 aromatic heterocycles. The van der Waals surface area contributed by atoms with E-state index in [-0.39, 0.29) is 12.5 Å². The summed E-state index contributed by atoms with van der Waals surface area (Å²) in [7, 11) is 0. The Labute approximate surface area is 141 Å². The molecule has 4 nitrogen and oxygen atoms in total. The minimum absolute atomic E-state index is 0.0563. The van der Waals surface area contributed by atoms with Crippen molar-refractivity contribution >= 4 is 17.9 Å². The van der Waals surface area contributed by atoms with Gasteiger partial charge in [0.05, 0.1) is 0 Å². The van der Waals surface area contributed by atoms with Crippen molar-refractivity contribution in [1.29, 1.82) is 0 Å². The number of carbonyl (C=O) groups is 2. The summed E-state index contributed by atoms with van der Waals surface area (Å²) in [5.41, 5.74) is 5.83. The van der Waals surface area contributed by atoms with Crippen LogP contribution in [0.4, 0.5) is 5.69 Å². The van der Waals surface area contributed by atoms with Crippen LogP contribution in [0.1, 0.15) is 39.0 Å². The number of anilines is 1. The molecule has 3 rings (SSSR count). The minimum Gasteiger partial charge on any atom is -0.483 e. The third-order valence-corrected chi connectivity index (χ3v) is 4.35. The highest BCUT2D eigenvalue weighted by atomic mass is 16.5. The van der Waals surface area contributed by atoms with Gasteiger partial charge in [0.25, 0.3) is 5.91 Å². The van der Waals surface area contributed by atoms with Gasteiger partial charge >= 0.3 is 0 Å². The standard InChI is InChI=1S/C20H21NO3/c1-13-8-15(11-22)9-14(2)20(13)24-12-19(23)21-18-7-6-16-4-3-5-17(16)10-18/h6-11H,3-5,12H2,1-2H3,(H,21,23). The van der Waals surface area contributed by atoms with E-state index in [0.29, 0.717) is 11.3 Å². The van der Waals surface area contributed by atoms with Crippen LogP contribution in [0.25, 0.3) is 0 Å². The monoisotopic (exact) mass is 323 g/mol. The first-order chi connectivity index (χ1) is 11.6. The summed E-state index contributed by atoms with van der Waals surface area (Å²) in [5, 5.41) is 2.88. The lowest BCUT2D eigenvalue weighted by atomic mass is 10.1. The minimum atomic E-state index is -0.189. The SMILES string of the molecule is Cc1cc(C=O)cc(C)c1OCC(=O)Nc1ccc2c(c1)CCC2. The van der Waals surface area contributed by atoms with Gasteiger partial charge < -0.3 is 10.1 Å². The normalized spacial score (nSPS) is 12.6. The maximum Gasteiger partial charge on any atom is 0.262 e. The van der Waals surface area contributed by atoms with Crippen LogP contribution in [0.15, 0.2) is 30.3 Å². The molecule has 0 atom stereocenters. The predicted molar refractivity (Wildman–Crippen MR) is 93.9 cm³/mol. The molecule has 0 unspecified atom stereocenters. The summed E-state index contributed by atoms with van der Waals surface area (Å²) < 4.78 is 5.67. The van der Waals surface area contributed by atoms with Gasteiger partial charge in [0.1, 0.15) is 12.0 Å². The molecule has 0 spiro atoms. The molecule has 0 aliphatic heterocycles. The largest absolute Gasteiger partial charge is 0.483 e. The summed E-state index contributed by atoms with van der Waals surface area (Å²) >= 11 is 0. The van der Waals surface area contributed by atoms with Crippen molar-refractivity contribution in [3.05, 3.63) is 58.1 Å². The lowest BCUT2D eigenvalue weighted by Crippen LogP contribution is -2.20. The number of rotatable bonds is 5. The average molecular weight is 323 g/mol. The van der Waals surface area contributed by atoms with E-state index in [4.69, 9.17) is 4.74 Å². The Balaban J connectivity index is 1.63. The zero-order valence-corrected chi connectivity index (χ0v) is 14.0. The van der Waals surface area contributed by atoms with Gasteiger partial charge in [-0.1, -0.05) is 6.07 Å². The van der Waals surface area contributed by atoms with Gasteiger partial charge in [0, 0.05) is 11.3 Å². The summed E-state index contributed by atoms with van der Waals surface area (Å²) in [6, 6.07) is 9.60. The fourth-order valence-electron chi connectivity index (χ4n) is 3.26. The highest BCUT2D eigenvalue weighted by molar-refractivity contribution is 5.92. The van der Waals surface area contributed by atoms with Gasteiger partial charge in [-0.3, -0.25) is 9.59 Å². The van der Waals surface area contributed by atoms with Gasteiger partial charge in [-0.25, -0.2) is 0 Å². The van der Waals surface area contributed by atoms with E-state index in [9.17, 15) is 9.59 Å². The molecule has 1 aliphatic carbocycles. The third kappa shape index (κ3) is 3.48. The Bertz CT molecular complexity index is 772. The Kier molecular flexibility index (Phi) is 4.65. The summed E-state index contributed by atoms with van der Waals surface area (Å²) in [5.74, 6) is 0.468. The molecule has 24 heavy (non-hydrogen) atoms. The molecule has 0 heterocycles. The zero-order chi connectivity index (χ0) is 17.1. The second-order valence-corrected chi connectivity index (χ2v) is 6.28. The molecule has 2 aromatic rings. The number of fused-ring (bicyclic) bond motifs is 1. The first-order valence-corrected chi connectivity index (χ1v) is 8.17. The number of carbonyl (C=O) groups excluding carboxylic acids is 2. The molecular weight excluding hydrogens is 302 g/mol. The molecule has 4 heteroatoms. The molecule has 0 saturated heterocycles. The second kappa shape index (κ2) is 6.87. The number of aldehydes is 1.